The van der Waals surface area contributed by atoms with Gasteiger partial charge in [-0.05, 0) is 31.5 Å². The third-order valence-corrected chi connectivity index (χ3v) is 5.04. The summed E-state index contributed by atoms with van der Waals surface area (Å²) in [5, 5.41) is 0. The lowest BCUT2D eigenvalue weighted by molar-refractivity contribution is 0.341. The summed E-state index contributed by atoms with van der Waals surface area (Å²) in [6.07, 6.45) is 0.664. The van der Waals surface area contributed by atoms with Crippen LogP contribution in [0.2, 0.25) is 0 Å². The molecule has 2 N–H and O–H groups in total. The van der Waals surface area contributed by atoms with Crippen LogP contribution < -0.4 is 5.73 Å². The highest BCUT2D eigenvalue weighted by molar-refractivity contribution is 7.89. The lowest BCUT2D eigenvalue weighted by Gasteiger charge is -2.26. The first kappa shape index (κ1) is 14.9. The molecule has 1 aromatic rings. The van der Waals surface area contributed by atoms with Crippen LogP contribution in [0.4, 0.5) is 10.1 Å². The summed E-state index contributed by atoms with van der Waals surface area (Å²) in [4.78, 5) is -0.357. The Balaban J connectivity index is 3.31. The monoisotopic (exact) mass is 274 g/mol. The molecule has 1 atom stereocenters. The molecule has 1 rings (SSSR count). The minimum absolute atomic E-state index is 0.180. The van der Waals surface area contributed by atoms with E-state index < -0.39 is 15.8 Å². The van der Waals surface area contributed by atoms with Gasteiger partial charge in [-0.3, -0.25) is 0 Å². The first-order valence-corrected chi connectivity index (χ1v) is 7.35. The van der Waals surface area contributed by atoms with E-state index in [9.17, 15) is 12.8 Å². The van der Waals surface area contributed by atoms with Crippen LogP contribution >= 0.6 is 0 Å². The number of hydrogen-bond acceptors (Lipinski definition) is 3. The summed E-state index contributed by atoms with van der Waals surface area (Å²) in [6, 6.07) is 3.40. The Labute approximate surface area is 108 Å². The number of benzene rings is 1. The molecule has 0 spiro atoms. The van der Waals surface area contributed by atoms with Gasteiger partial charge in [0.25, 0.3) is 0 Å². The van der Waals surface area contributed by atoms with Crippen molar-refractivity contribution in [2.24, 2.45) is 0 Å². The Kier molecular flexibility index (Phi) is 4.70. The number of nitrogens with zero attached hydrogens (tertiary/aromatic N) is 1. The highest BCUT2D eigenvalue weighted by Gasteiger charge is 2.29. The smallest absolute Gasteiger partial charge is 0.246 e. The van der Waals surface area contributed by atoms with Gasteiger partial charge in [-0.15, -0.1) is 0 Å². The third kappa shape index (κ3) is 2.81. The summed E-state index contributed by atoms with van der Waals surface area (Å²) in [5.41, 5.74) is 5.76. The van der Waals surface area contributed by atoms with Crippen molar-refractivity contribution in [3.8, 4) is 0 Å². The largest absolute Gasteiger partial charge is 0.399 e. The third-order valence-electron chi connectivity index (χ3n) is 2.94. The first-order valence-electron chi connectivity index (χ1n) is 5.91. The summed E-state index contributed by atoms with van der Waals surface area (Å²) in [5.74, 6) is -0.772. The fraction of sp³-hybridized carbons (Fsp3) is 0.500. The van der Waals surface area contributed by atoms with Gasteiger partial charge in [0.1, 0.15) is 10.7 Å². The van der Waals surface area contributed by atoms with Crippen molar-refractivity contribution in [1.82, 2.24) is 4.31 Å². The van der Waals surface area contributed by atoms with Crippen molar-refractivity contribution in [2.45, 2.75) is 38.1 Å². The first-order chi connectivity index (χ1) is 8.34. The van der Waals surface area contributed by atoms with Gasteiger partial charge in [0.15, 0.2) is 0 Å². The summed E-state index contributed by atoms with van der Waals surface area (Å²) >= 11 is 0. The molecule has 0 aliphatic rings. The topological polar surface area (TPSA) is 63.4 Å². The quantitative estimate of drug-likeness (QED) is 0.837. The van der Waals surface area contributed by atoms with Gasteiger partial charge in [-0.25, -0.2) is 12.8 Å². The van der Waals surface area contributed by atoms with E-state index in [4.69, 9.17) is 5.73 Å². The predicted octanol–water partition coefficient (Wildman–Crippen LogP) is 2.22. The zero-order chi connectivity index (χ0) is 13.9. The second kappa shape index (κ2) is 5.67. The zero-order valence-corrected chi connectivity index (χ0v) is 11.7. The van der Waals surface area contributed by atoms with Crippen molar-refractivity contribution in [3.63, 3.8) is 0 Å². The molecule has 0 aromatic heterocycles. The molecule has 0 bridgehead atoms. The average molecular weight is 274 g/mol. The standard InChI is InChI=1S/C12H19FN2O2S/c1-4-9(3)15(5-2)18(16,17)12-8-10(14)6-7-11(12)13/h6-9H,4-5,14H2,1-3H3. The van der Waals surface area contributed by atoms with Crippen LogP contribution in [0.5, 0.6) is 0 Å². The number of hydrogen-bond donors (Lipinski definition) is 1. The van der Waals surface area contributed by atoms with Crippen LogP contribution in [0.25, 0.3) is 0 Å². The van der Waals surface area contributed by atoms with E-state index in [0.29, 0.717) is 13.0 Å². The van der Waals surface area contributed by atoms with Crippen molar-refractivity contribution < 1.29 is 12.8 Å². The molecule has 0 saturated carbocycles. The van der Waals surface area contributed by atoms with E-state index in [2.05, 4.69) is 0 Å². The maximum absolute atomic E-state index is 13.7. The number of nitrogens with two attached hydrogens (primary N) is 1. The van der Waals surface area contributed by atoms with Gasteiger partial charge in [0.05, 0.1) is 0 Å². The summed E-state index contributed by atoms with van der Waals surface area (Å²) < 4.78 is 39.7. The zero-order valence-electron chi connectivity index (χ0n) is 10.9. The number of nitrogen functional groups attached to an aromatic ring is 1. The molecule has 1 unspecified atom stereocenters. The normalized spacial score (nSPS) is 13.8. The molecular formula is C12H19FN2O2S. The fourth-order valence-corrected chi connectivity index (χ4v) is 3.58. The van der Waals surface area contributed by atoms with E-state index in [0.717, 1.165) is 12.1 Å². The Morgan fingerprint density at radius 1 is 1.39 bits per heavy atom. The van der Waals surface area contributed by atoms with Crippen LogP contribution in [0, 0.1) is 5.82 Å². The summed E-state index contributed by atoms with van der Waals surface area (Å²) in [7, 11) is -3.84. The van der Waals surface area contributed by atoms with Gasteiger partial charge in [0, 0.05) is 18.3 Å². The Morgan fingerprint density at radius 2 is 2.00 bits per heavy atom. The van der Waals surface area contributed by atoms with Gasteiger partial charge in [-0.1, -0.05) is 13.8 Å². The number of halogens is 1. The number of rotatable bonds is 5. The highest BCUT2D eigenvalue weighted by atomic mass is 32.2. The van der Waals surface area contributed by atoms with Gasteiger partial charge >= 0.3 is 0 Å². The molecule has 0 heterocycles. The van der Waals surface area contributed by atoms with E-state index >= 15 is 0 Å². The summed E-state index contributed by atoms with van der Waals surface area (Å²) in [6.45, 7) is 5.71. The molecule has 102 valence electrons. The highest BCUT2D eigenvalue weighted by Crippen LogP contribution is 2.23. The van der Waals surface area contributed by atoms with E-state index in [-0.39, 0.29) is 16.6 Å². The average Bonchev–Trinajstić information content (AvgIpc) is 2.32. The number of anilines is 1. The van der Waals surface area contributed by atoms with Gasteiger partial charge in [-0.2, -0.15) is 4.31 Å². The molecule has 0 radical (unpaired) electrons. The molecule has 0 amide bonds. The van der Waals surface area contributed by atoms with Crippen molar-refractivity contribution in [1.29, 1.82) is 0 Å². The van der Waals surface area contributed by atoms with Crippen LogP contribution in [-0.2, 0) is 10.0 Å². The predicted molar refractivity (Wildman–Crippen MR) is 70.1 cm³/mol. The van der Waals surface area contributed by atoms with Crippen LogP contribution in [0.1, 0.15) is 27.2 Å². The molecule has 0 aliphatic carbocycles. The lowest BCUT2D eigenvalue weighted by atomic mass is 10.3. The lowest BCUT2D eigenvalue weighted by Crippen LogP contribution is -2.38. The van der Waals surface area contributed by atoms with Gasteiger partial charge < -0.3 is 5.73 Å². The Hall–Kier alpha value is -1.14. The minimum atomic E-state index is -3.84. The molecule has 18 heavy (non-hydrogen) atoms. The second-order valence-corrected chi connectivity index (χ2v) is 6.01. The molecule has 1 aromatic carbocycles. The molecule has 6 heteroatoms. The van der Waals surface area contributed by atoms with E-state index in [1.807, 2.05) is 6.92 Å². The number of sulfonamides is 1. The SMILES string of the molecule is CCC(C)N(CC)S(=O)(=O)c1cc(N)ccc1F. The Morgan fingerprint density at radius 3 is 2.50 bits per heavy atom. The van der Waals surface area contributed by atoms with Gasteiger partial charge in [0.2, 0.25) is 10.0 Å². The Bertz CT molecular complexity index is 517. The van der Waals surface area contributed by atoms with E-state index in [1.165, 1.54) is 10.4 Å². The van der Waals surface area contributed by atoms with Crippen molar-refractivity contribution in [2.75, 3.05) is 12.3 Å². The van der Waals surface area contributed by atoms with Crippen LogP contribution in [-0.4, -0.2) is 25.3 Å². The molecule has 0 aliphatic heterocycles. The maximum atomic E-state index is 13.7. The van der Waals surface area contributed by atoms with Crippen LogP contribution in [0.15, 0.2) is 23.1 Å². The fourth-order valence-electron chi connectivity index (χ4n) is 1.77. The minimum Gasteiger partial charge on any atom is -0.399 e. The molecular weight excluding hydrogens is 255 g/mol. The van der Waals surface area contributed by atoms with Crippen LogP contribution in [0.3, 0.4) is 0 Å². The molecule has 0 fully saturated rings. The molecule has 4 nitrogen and oxygen atoms in total. The van der Waals surface area contributed by atoms with Crippen molar-refractivity contribution >= 4 is 15.7 Å². The molecule has 0 saturated heterocycles. The second-order valence-electron chi connectivity index (χ2n) is 4.16. The van der Waals surface area contributed by atoms with E-state index in [1.54, 1.807) is 13.8 Å². The maximum Gasteiger partial charge on any atom is 0.246 e. The van der Waals surface area contributed by atoms with Crippen molar-refractivity contribution in [3.05, 3.63) is 24.0 Å².